The van der Waals surface area contributed by atoms with Crippen molar-refractivity contribution in [1.29, 1.82) is 0 Å². The van der Waals surface area contributed by atoms with Crippen LogP contribution in [0.3, 0.4) is 0 Å². The summed E-state index contributed by atoms with van der Waals surface area (Å²) in [6, 6.07) is 10.4. The first-order chi connectivity index (χ1) is 8.58. The zero-order valence-corrected chi connectivity index (χ0v) is 11.9. The molecule has 4 heteroatoms. The Kier molecular flexibility index (Phi) is 6.22. The van der Waals surface area contributed by atoms with E-state index in [-0.39, 0.29) is 5.91 Å². The Labute approximate surface area is 114 Å². The van der Waals surface area contributed by atoms with Crippen molar-refractivity contribution < 1.29 is 4.79 Å². The third-order valence-electron chi connectivity index (χ3n) is 3.17. The summed E-state index contributed by atoms with van der Waals surface area (Å²) >= 11 is 1.89. The van der Waals surface area contributed by atoms with E-state index in [1.807, 2.05) is 24.8 Å². The molecule has 3 N–H and O–H groups in total. The summed E-state index contributed by atoms with van der Waals surface area (Å²) in [5, 5.41) is 3.00. The first kappa shape index (κ1) is 15.1. The number of rotatable bonds is 8. The standard InChI is InChI=1S/C14H22N2OS/c1-14(16-2,13(15)17)9-6-10-18-11-12-7-4-3-5-8-12/h3-5,7-8,16H,6,9-11H2,1-2H3,(H2,15,17). The zero-order chi connectivity index (χ0) is 13.4. The number of hydrogen-bond acceptors (Lipinski definition) is 3. The van der Waals surface area contributed by atoms with Gasteiger partial charge in [-0.2, -0.15) is 11.8 Å². The van der Waals surface area contributed by atoms with Gasteiger partial charge in [-0.05, 0) is 38.1 Å². The minimum Gasteiger partial charge on any atom is -0.368 e. The van der Waals surface area contributed by atoms with Crippen LogP contribution in [0.1, 0.15) is 25.3 Å². The molecule has 1 aromatic rings. The molecule has 0 aliphatic carbocycles. The molecule has 100 valence electrons. The molecule has 1 rings (SSSR count). The monoisotopic (exact) mass is 266 g/mol. The van der Waals surface area contributed by atoms with E-state index in [4.69, 9.17) is 5.73 Å². The summed E-state index contributed by atoms with van der Waals surface area (Å²) in [4.78, 5) is 11.3. The van der Waals surface area contributed by atoms with Gasteiger partial charge in [-0.25, -0.2) is 0 Å². The number of thioether (sulfide) groups is 1. The molecule has 18 heavy (non-hydrogen) atoms. The molecule has 0 saturated carbocycles. The lowest BCUT2D eigenvalue weighted by atomic mass is 9.96. The molecular weight excluding hydrogens is 244 g/mol. The van der Waals surface area contributed by atoms with Crippen LogP contribution in [0.25, 0.3) is 0 Å². The van der Waals surface area contributed by atoms with Crippen LogP contribution in [-0.2, 0) is 10.5 Å². The number of amides is 1. The SMILES string of the molecule is CNC(C)(CCCSCc1ccccc1)C(N)=O. The third kappa shape index (κ3) is 4.70. The molecule has 0 fully saturated rings. The Hall–Kier alpha value is -1.00. The van der Waals surface area contributed by atoms with Gasteiger partial charge in [-0.1, -0.05) is 30.3 Å². The number of nitrogens with one attached hydrogen (secondary N) is 1. The average Bonchev–Trinajstić information content (AvgIpc) is 2.39. The molecule has 0 saturated heterocycles. The van der Waals surface area contributed by atoms with Crippen LogP contribution in [0.5, 0.6) is 0 Å². The highest BCUT2D eigenvalue weighted by Crippen LogP contribution is 2.17. The summed E-state index contributed by atoms with van der Waals surface area (Å²) in [6.07, 6.45) is 1.76. The van der Waals surface area contributed by atoms with Gasteiger partial charge in [-0.15, -0.1) is 0 Å². The molecule has 0 aromatic heterocycles. The van der Waals surface area contributed by atoms with E-state index in [1.54, 1.807) is 7.05 Å². The maximum Gasteiger partial charge on any atom is 0.237 e. The molecule has 0 spiro atoms. The quantitative estimate of drug-likeness (QED) is 0.709. The zero-order valence-electron chi connectivity index (χ0n) is 11.1. The number of hydrogen-bond donors (Lipinski definition) is 2. The van der Waals surface area contributed by atoms with Gasteiger partial charge in [0.1, 0.15) is 0 Å². The second kappa shape index (κ2) is 7.44. The summed E-state index contributed by atoms with van der Waals surface area (Å²) in [6.45, 7) is 1.86. The van der Waals surface area contributed by atoms with Gasteiger partial charge in [0, 0.05) is 5.75 Å². The molecule has 1 aromatic carbocycles. The van der Waals surface area contributed by atoms with Gasteiger partial charge in [0.25, 0.3) is 0 Å². The van der Waals surface area contributed by atoms with Crippen LogP contribution >= 0.6 is 11.8 Å². The van der Waals surface area contributed by atoms with Gasteiger partial charge in [0.15, 0.2) is 0 Å². The molecule has 1 amide bonds. The molecule has 0 bridgehead atoms. The lowest BCUT2D eigenvalue weighted by Crippen LogP contribution is -2.51. The second-order valence-corrected chi connectivity index (χ2v) is 5.69. The van der Waals surface area contributed by atoms with Crippen LogP contribution in [-0.4, -0.2) is 24.2 Å². The minimum atomic E-state index is -0.576. The molecule has 0 aliphatic rings. The number of nitrogens with two attached hydrogens (primary N) is 1. The predicted molar refractivity (Wildman–Crippen MR) is 78.5 cm³/mol. The largest absolute Gasteiger partial charge is 0.368 e. The third-order valence-corrected chi connectivity index (χ3v) is 4.29. The van der Waals surface area contributed by atoms with E-state index >= 15 is 0 Å². The normalized spacial score (nSPS) is 14.1. The van der Waals surface area contributed by atoms with Crippen LogP contribution < -0.4 is 11.1 Å². The van der Waals surface area contributed by atoms with Crippen molar-refractivity contribution in [2.45, 2.75) is 31.1 Å². The van der Waals surface area contributed by atoms with Crippen molar-refractivity contribution in [2.75, 3.05) is 12.8 Å². The van der Waals surface area contributed by atoms with E-state index in [9.17, 15) is 4.79 Å². The van der Waals surface area contributed by atoms with E-state index in [0.29, 0.717) is 0 Å². The fraction of sp³-hybridized carbons (Fsp3) is 0.500. The van der Waals surface area contributed by atoms with Crippen molar-refractivity contribution in [2.24, 2.45) is 5.73 Å². The molecule has 1 unspecified atom stereocenters. The summed E-state index contributed by atoms with van der Waals surface area (Å²) in [5.41, 5.74) is 6.14. The summed E-state index contributed by atoms with van der Waals surface area (Å²) in [5.74, 6) is 1.78. The Morgan fingerprint density at radius 1 is 1.39 bits per heavy atom. The Morgan fingerprint density at radius 2 is 2.06 bits per heavy atom. The first-order valence-corrected chi connectivity index (χ1v) is 7.34. The highest BCUT2D eigenvalue weighted by atomic mass is 32.2. The van der Waals surface area contributed by atoms with Gasteiger partial charge in [-0.3, -0.25) is 4.79 Å². The topological polar surface area (TPSA) is 55.1 Å². The van der Waals surface area contributed by atoms with Crippen LogP contribution in [0, 0.1) is 0 Å². The van der Waals surface area contributed by atoms with E-state index in [2.05, 4.69) is 29.6 Å². The highest BCUT2D eigenvalue weighted by molar-refractivity contribution is 7.98. The Morgan fingerprint density at radius 3 is 2.61 bits per heavy atom. The maximum absolute atomic E-state index is 11.3. The van der Waals surface area contributed by atoms with Gasteiger partial charge < -0.3 is 11.1 Å². The highest BCUT2D eigenvalue weighted by Gasteiger charge is 2.27. The Balaban J connectivity index is 2.21. The van der Waals surface area contributed by atoms with Crippen molar-refractivity contribution in [1.82, 2.24) is 5.32 Å². The lowest BCUT2D eigenvalue weighted by Gasteiger charge is -2.25. The summed E-state index contributed by atoms with van der Waals surface area (Å²) in [7, 11) is 1.78. The van der Waals surface area contributed by atoms with Crippen LogP contribution in [0.2, 0.25) is 0 Å². The number of likely N-dealkylation sites (N-methyl/N-ethyl adjacent to an activating group) is 1. The van der Waals surface area contributed by atoms with E-state index in [1.165, 1.54) is 5.56 Å². The smallest absolute Gasteiger partial charge is 0.237 e. The first-order valence-electron chi connectivity index (χ1n) is 6.19. The fourth-order valence-corrected chi connectivity index (χ4v) is 2.58. The van der Waals surface area contributed by atoms with Gasteiger partial charge >= 0.3 is 0 Å². The van der Waals surface area contributed by atoms with E-state index < -0.39 is 5.54 Å². The molecular formula is C14H22N2OS. The van der Waals surface area contributed by atoms with Gasteiger partial charge in [0.2, 0.25) is 5.91 Å². The van der Waals surface area contributed by atoms with Crippen molar-refractivity contribution in [3.63, 3.8) is 0 Å². The number of carbonyl (C=O) groups is 1. The second-order valence-electron chi connectivity index (χ2n) is 4.59. The van der Waals surface area contributed by atoms with Crippen LogP contribution in [0.4, 0.5) is 0 Å². The van der Waals surface area contributed by atoms with Crippen molar-refractivity contribution >= 4 is 17.7 Å². The predicted octanol–water partition coefficient (Wildman–Crippen LogP) is 2.16. The number of carbonyl (C=O) groups excluding carboxylic acids is 1. The number of primary amides is 1. The van der Waals surface area contributed by atoms with Crippen LogP contribution in [0.15, 0.2) is 30.3 Å². The van der Waals surface area contributed by atoms with Crippen molar-refractivity contribution in [3.8, 4) is 0 Å². The summed E-state index contributed by atoms with van der Waals surface area (Å²) < 4.78 is 0. The number of benzene rings is 1. The molecule has 0 aliphatic heterocycles. The lowest BCUT2D eigenvalue weighted by molar-refractivity contribution is -0.123. The van der Waals surface area contributed by atoms with E-state index in [0.717, 1.165) is 24.3 Å². The molecule has 0 radical (unpaired) electrons. The fourth-order valence-electron chi connectivity index (χ4n) is 1.66. The Bertz CT molecular complexity index is 369. The molecule has 1 atom stereocenters. The maximum atomic E-state index is 11.3. The average molecular weight is 266 g/mol. The molecule has 0 heterocycles. The minimum absolute atomic E-state index is 0.280. The van der Waals surface area contributed by atoms with Crippen molar-refractivity contribution in [3.05, 3.63) is 35.9 Å². The van der Waals surface area contributed by atoms with Gasteiger partial charge in [0.05, 0.1) is 5.54 Å². The molecule has 3 nitrogen and oxygen atoms in total.